The fraction of sp³-hybridized carbons (Fsp3) is 0.350. The van der Waals surface area contributed by atoms with E-state index in [1.807, 2.05) is 17.0 Å². The van der Waals surface area contributed by atoms with Crippen molar-refractivity contribution in [1.29, 1.82) is 0 Å². The third-order valence-electron chi connectivity index (χ3n) is 4.65. The number of carbonyl (C=O) groups excluding carboxylic acids is 1. The van der Waals surface area contributed by atoms with Crippen molar-refractivity contribution in [1.82, 2.24) is 9.80 Å². The van der Waals surface area contributed by atoms with Crippen LogP contribution in [0.25, 0.3) is 0 Å². The van der Waals surface area contributed by atoms with E-state index >= 15 is 0 Å². The lowest BCUT2D eigenvalue weighted by Crippen LogP contribution is -2.49. The number of rotatable bonds is 5. The minimum Gasteiger partial charge on any atom is -0.340 e. The van der Waals surface area contributed by atoms with Gasteiger partial charge in [0.1, 0.15) is 11.6 Å². The van der Waals surface area contributed by atoms with E-state index in [0.717, 1.165) is 30.8 Å². The van der Waals surface area contributed by atoms with Gasteiger partial charge in [-0.15, -0.1) is 0 Å². The molecule has 25 heavy (non-hydrogen) atoms. The number of hydrogen-bond acceptors (Lipinski definition) is 2. The molecule has 132 valence electrons. The molecule has 1 saturated heterocycles. The minimum atomic E-state index is -0.292. The summed E-state index contributed by atoms with van der Waals surface area (Å²) in [5.41, 5.74) is 1.56. The number of halogens is 2. The first-order valence-corrected chi connectivity index (χ1v) is 8.60. The van der Waals surface area contributed by atoms with Crippen LogP contribution in [0.4, 0.5) is 8.78 Å². The van der Waals surface area contributed by atoms with Crippen molar-refractivity contribution in [2.24, 2.45) is 0 Å². The van der Waals surface area contributed by atoms with E-state index in [1.54, 1.807) is 18.2 Å². The van der Waals surface area contributed by atoms with Gasteiger partial charge in [-0.25, -0.2) is 8.78 Å². The summed E-state index contributed by atoms with van der Waals surface area (Å²) in [4.78, 5) is 16.5. The first-order valence-electron chi connectivity index (χ1n) is 8.60. The van der Waals surface area contributed by atoms with Crippen molar-refractivity contribution >= 4 is 5.91 Å². The average molecular weight is 344 g/mol. The molecule has 1 heterocycles. The topological polar surface area (TPSA) is 23.6 Å². The summed E-state index contributed by atoms with van der Waals surface area (Å²) in [5, 5.41) is 0. The van der Waals surface area contributed by atoms with Gasteiger partial charge in [0.25, 0.3) is 0 Å². The summed E-state index contributed by atoms with van der Waals surface area (Å²) >= 11 is 0. The van der Waals surface area contributed by atoms with Crippen LogP contribution < -0.4 is 0 Å². The molecule has 0 N–H and O–H groups in total. The first kappa shape index (κ1) is 17.5. The standard InChI is InChI=1S/C20H22F2N2O/c21-18-7-5-16(6-8-18)15-20(25)24-13-11-23(12-14-24)10-9-17-3-1-2-4-19(17)22/h1-8H,9-15H2. The predicted molar refractivity (Wildman–Crippen MR) is 93.2 cm³/mol. The maximum Gasteiger partial charge on any atom is 0.227 e. The lowest BCUT2D eigenvalue weighted by atomic mass is 10.1. The zero-order valence-corrected chi connectivity index (χ0v) is 14.1. The molecule has 0 unspecified atom stereocenters. The summed E-state index contributed by atoms with van der Waals surface area (Å²) in [5.74, 6) is -0.379. The van der Waals surface area contributed by atoms with Crippen molar-refractivity contribution in [3.63, 3.8) is 0 Å². The van der Waals surface area contributed by atoms with Crippen molar-refractivity contribution in [3.05, 3.63) is 71.3 Å². The lowest BCUT2D eigenvalue weighted by molar-refractivity contribution is -0.132. The molecule has 2 aromatic carbocycles. The van der Waals surface area contributed by atoms with Crippen LogP contribution >= 0.6 is 0 Å². The Bertz CT molecular complexity index is 710. The fourth-order valence-corrected chi connectivity index (χ4v) is 3.09. The molecule has 0 radical (unpaired) electrons. The average Bonchev–Trinajstić information content (AvgIpc) is 2.63. The predicted octanol–water partition coefficient (Wildman–Crippen LogP) is 2.89. The van der Waals surface area contributed by atoms with Crippen molar-refractivity contribution in [2.45, 2.75) is 12.8 Å². The van der Waals surface area contributed by atoms with Gasteiger partial charge in [-0.2, -0.15) is 0 Å². The van der Waals surface area contributed by atoms with Gasteiger partial charge in [0.15, 0.2) is 0 Å². The number of carbonyl (C=O) groups is 1. The molecule has 1 fully saturated rings. The van der Waals surface area contributed by atoms with E-state index in [2.05, 4.69) is 4.90 Å². The molecular formula is C20H22F2N2O. The third kappa shape index (κ3) is 4.86. The van der Waals surface area contributed by atoms with E-state index in [4.69, 9.17) is 0 Å². The van der Waals surface area contributed by atoms with E-state index in [9.17, 15) is 13.6 Å². The van der Waals surface area contributed by atoms with Crippen molar-refractivity contribution < 1.29 is 13.6 Å². The molecule has 0 bridgehead atoms. The van der Waals surface area contributed by atoms with Crippen LogP contribution in [0.5, 0.6) is 0 Å². The second kappa shape index (κ2) is 8.21. The Balaban J connectivity index is 1.44. The first-order chi connectivity index (χ1) is 12.1. The van der Waals surface area contributed by atoms with Gasteiger partial charge in [-0.3, -0.25) is 9.69 Å². The lowest BCUT2D eigenvalue weighted by Gasteiger charge is -2.34. The van der Waals surface area contributed by atoms with Crippen molar-refractivity contribution in [2.75, 3.05) is 32.7 Å². The molecule has 0 aromatic heterocycles. The van der Waals surface area contributed by atoms with E-state index in [0.29, 0.717) is 25.9 Å². The van der Waals surface area contributed by atoms with Gasteiger partial charge in [0.05, 0.1) is 6.42 Å². The molecule has 5 heteroatoms. The van der Waals surface area contributed by atoms with Gasteiger partial charge in [0, 0.05) is 32.7 Å². The normalized spacial score (nSPS) is 15.4. The molecule has 0 aliphatic carbocycles. The SMILES string of the molecule is O=C(Cc1ccc(F)cc1)N1CCN(CCc2ccccc2F)CC1. The summed E-state index contributed by atoms with van der Waals surface area (Å²) in [6.45, 7) is 3.74. The smallest absolute Gasteiger partial charge is 0.227 e. The molecule has 0 atom stereocenters. The quantitative estimate of drug-likeness (QED) is 0.833. The molecular weight excluding hydrogens is 322 g/mol. The highest BCUT2D eigenvalue weighted by atomic mass is 19.1. The summed E-state index contributed by atoms with van der Waals surface area (Å²) < 4.78 is 26.6. The fourth-order valence-electron chi connectivity index (χ4n) is 3.09. The van der Waals surface area contributed by atoms with Crippen LogP contribution in [0.3, 0.4) is 0 Å². The molecule has 1 aliphatic heterocycles. The highest BCUT2D eigenvalue weighted by Gasteiger charge is 2.21. The van der Waals surface area contributed by atoms with Crippen LogP contribution in [0, 0.1) is 11.6 Å². The summed E-state index contributed by atoms with van der Waals surface area (Å²) in [6, 6.07) is 12.9. The van der Waals surface area contributed by atoms with Crippen LogP contribution in [-0.4, -0.2) is 48.4 Å². The van der Waals surface area contributed by atoms with E-state index < -0.39 is 0 Å². The van der Waals surface area contributed by atoms with Crippen LogP contribution in [-0.2, 0) is 17.6 Å². The Labute approximate surface area is 146 Å². The summed E-state index contributed by atoms with van der Waals surface area (Å²) in [7, 11) is 0. The maximum absolute atomic E-state index is 13.6. The molecule has 1 aliphatic rings. The molecule has 3 rings (SSSR count). The molecule has 0 saturated carbocycles. The number of nitrogens with zero attached hydrogens (tertiary/aromatic N) is 2. The van der Waals surface area contributed by atoms with Crippen LogP contribution in [0.15, 0.2) is 48.5 Å². The van der Waals surface area contributed by atoms with Gasteiger partial charge in [0.2, 0.25) is 5.91 Å². The van der Waals surface area contributed by atoms with Gasteiger partial charge in [-0.1, -0.05) is 30.3 Å². The maximum atomic E-state index is 13.6. The van der Waals surface area contributed by atoms with Gasteiger partial charge < -0.3 is 4.90 Å². The van der Waals surface area contributed by atoms with E-state index in [1.165, 1.54) is 18.2 Å². The Kier molecular flexibility index (Phi) is 5.76. The number of hydrogen-bond donors (Lipinski definition) is 0. The number of piperazine rings is 1. The Hall–Kier alpha value is -2.27. The number of benzene rings is 2. The molecule has 3 nitrogen and oxygen atoms in total. The third-order valence-corrected chi connectivity index (χ3v) is 4.65. The zero-order chi connectivity index (χ0) is 17.6. The second-order valence-electron chi connectivity index (χ2n) is 6.37. The highest BCUT2D eigenvalue weighted by Crippen LogP contribution is 2.11. The molecule has 0 spiro atoms. The highest BCUT2D eigenvalue weighted by molar-refractivity contribution is 5.78. The van der Waals surface area contributed by atoms with Crippen LogP contribution in [0.1, 0.15) is 11.1 Å². The Morgan fingerprint density at radius 1 is 0.920 bits per heavy atom. The Morgan fingerprint density at radius 3 is 2.28 bits per heavy atom. The largest absolute Gasteiger partial charge is 0.340 e. The zero-order valence-electron chi connectivity index (χ0n) is 14.1. The second-order valence-corrected chi connectivity index (χ2v) is 6.37. The molecule has 1 amide bonds. The van der Waals surface area contributed by atoms with Crippen molar-refractivity contribution in [3.8, 4) is 0 Å². The van der Waals surface area contributed by atoms with Gasteiger partial charge >= 0.3 is 0 Å². The molecule has 2 aromatic rings. The van der Waals surface area contributed by atoms with E-state index in [-0.39, 0.29) is 17.5 Å². The number of amides is 1. The minimum absolute atomic E-state index is 0.0698. The Morgan fingerprint density at radius 2 is 1.60 bits per heavy atom. The van der Waals surface area contributed by atoms with Crippen LogP contribution in [0.2, 0.25) is 0 Å². The summed E-state index contributed by atoms with van der Waals surface area (Å²) in [6.07, 6.45) is 0.978. The monoisotopic (exact) mass is 344 g/mol. The van der Waals surface area contributed by atoms with Gasteiger partial charge in [-0.05, 0) is 35.7 Å².